The van der Waals surface area contributed by atoms with E-state index in [0.29, 0.717) is 5.57 Å². The Morgan fingerprint density at radius 3 is 2.42 bits per heavy atom. The fourth-order valence-corrected chi connectivity index (χ4v) is 0.796. The Kier molecular flexibility index (Phi) is 2.17. The highest BCUT2D eigenvalue weighted by Crippen LogP contribution is 2.15. The molecule has 1 fully saturated rings. The van der Waals surface area contributed by atoms with Crippen molar-refractivity contribution in [3.05, 3.63) is 12.2 Å². The lowest BCUT2D eigenvalue weighted by Crippen LogP contribution is -2.34. The van der Waals surface area contributed by atoms with E-state index in [1.807, 2.05) is 6.92 Å². The lowest BCUT2D eigenvalue weighted by atomic mass is 10.3. The SMILES string of the molecule is C=C(C)C(=O)NC(=O)N1CC1C. The summed E-state index contributed by atoms with van der Waals surface area (Å²) in [7, 11) is 0. The molecule has 1 aliphatic rings. The highest BCUT2D eigenvalue weighted by Gasteiger charge is 2.34. The van der Waals surface area contributed by atoms with Crippen molar-refractivity contribution >= 4 is 11.9 Å². The fraction of sp³-hybridized carbons (Fsp3) is 0.500. The number of imide groups is 1. The highest BCUT2D eigenvalue weighted by atomic mass is 16.2. The van der Waals surface area contributed by atoms with Gasteiger partial charge in [-0.3, -0.25) is 10.1 Å². The zero-order chi connectivity index (χ0) is 9.30. The third-order valence-electron chi connectivity index (χ3n) is 1.73. The smallest absolute Gasteiger partial charge is 0.318 e. The van der Waals surface area contributed by atoms with Gasteiger partial charge in [0.05, 0.1) is 0 Å². The Balaban J connectivity index is 2.37. The summed E-state index contributed by atoms with van der Waals surface area (Å²) in [6.45, 7) is 7.64. The van der Waals surface area contributed by atoms with E-state index in [0.717, 1.165) is 6.54 Å². The molecule has 66 valence electrons. The Morgan fingerprint density at radius 2 is 2.08 bits per heavy atom. The van der Waals surface area contributed by atoms with Crippen LogP contribution < -0.4 is 5.32 Å². The zero-order valence-electron chi connectivity index (χ0n) is 7.26. The van der Waals surface area contributed by atoms with Crippen molar-refractivity contribution in [2.75, 3.05) is 6.54 Å². The second-order valence-electron chi connectivity index (χ2n) is 3.04. The van der Waals surface area contributed by atoms with Gasteiger partial charge in [0.25, 0.3) is 5.91 Å². The van der Waals surface area contributed by atoms with E-state index < -0.39 is 5.91 Å². The molecule has 0 bridgehead atoms. The molecule has 1 atom stereocenters. The van der Waals surface area contributed by atoms with Crippen LogP contribution in [0.15, 0.2) is 12.2 Å². The largest absolute Gasteiger partial charge is 0.324 e. The molecular formula is C8H12N2O2. The molecule has 1 heterocycles. The lowest BCUT2D eigenvalue weighted by molar-refractivity contribution is -0.116. The van der Waals surface area contributed by atoms with Crippen LogP contribution in [-0.2, 0) is 4.79 Å². The molecule has 4 nitrogen and oxygen atoms in total. The minimum absolute atomic E-state index is 0.267. The van der Waals surface area contributed by atoms with Crippen molar-refractivity contribution in [3.8, 4) is 0 Å². The summed E-state index contributed by atoms with van der Waals surface area (Å²) in [6, 6.07) is -0.0570. The first-order chi connectivity index (χ1) is 5.52. The third kappa shape index (κ3) is 1.84. The van der Waals surface area contributed by atoms with Gasteiger partial charge >= 0.3 is 6.03 Å². The molecule has 3 amide bonds. The number of urea groups is 1. The number of rotatable bonds is 1. The molecule has 0 aliphatic carbocycles. The summed E-state index contributed by atoms with van der Waals surface area (Å²) in [6.07, 6.45) is 0. The Bertz CT molecular complexity index is 247. The average molecular weight is 168 g/mol. The van der Waals surface area contributed by atoms with Gasteiger partial charge in [0.1, 0.15) is 0 Å². The van der Waals surface area contributed by atoms with Crippen LogP contribution in [0.5, 0.6) is 0 Å². The second-order valence-corrected chi connectivity index (χ2v) is 3.04. The van der Waals surface area contributed by atoms with Crippen molar-refractivity contribution < 1.29 is 9.59 Å². The summed E-state index contributed by atoms with van der Waals surface area (Å²) in [4.78, 5) is 23.6. The molecular weight excluding hydrogens is 156 g/mol. The van der Waals surface area contributed by atoms with Gasteiger partial charge in [-0.1, -0.05) is 6.58 Å². The minimum atomic E-state index is -0.404. The molecule has 0 spiro atoms. The molecule has 0 aromatic heterocycles. The van der Waals surface area contributed by atoms with Crippen LogP contribution in [0.4, 0.5) is 4.79 Å². The Hall–Kier alpha value is -1.32. The molecule has 1 rings (SSSR count). The minimum Gasteiger partial charge on any atom is -0.318 e. The van der Waals surface area contributed by atoms with E-state index in [-0.39, 0.29) is 12.1 Å². The molecule has 0 aromatic rings. The van der Waals surface area contributed by atoms with Crippen molar-refractivity contribution in [1.29, 1.82) is 0 Å². The Morgan fingerprint density at radius 1 is 1.58 bits per heavy atom. The monoisotopic (exact) mass is 168 g/mol. The molecule has 1 saturated heterocycles. The van der Waals surface area contributed by atoms with Gasteiger partial charge < -0.3 is 4.90 Å². The van der Waals surface area contributed by atoms with E-state index in [1.165, 1.54) is 0 Å². The van der Waals surface area contributed by atoms with E-state index in [9.17, 15) is 9.59 Å². The molecule has 1 aliphatic heterocycles. The summed E-state index contributed by atoms with van der Waals surface area (Å²) in [5.41, 5.74) is 0.345. The van der Waals surface area contributed by atoms with Gasteiger partial charge in [-0.15, -0.1) is 0 Å². The molecule has 12 heavy (non-hydrogen) atoms. The van der Waals surface area contributed by atoms with Crippen molar-refractivity contribution in [1.82, 2.24) is 10.2 Å². The molecule has 1 N–H and O–H groups in total. The van der Waals surface area contributed by atoms with Gasteiger partial charge in [0, 0.05) is 18.2 Å². The van der Waals surface area contributed by atoms with Gasteiger partial charge in [-0.2, -0.15) is 0 Å². The van der Waals surface area contributed by atoms with Gasteiger partial charge in [0.2, 0.25) is 0 Å². The first kappa shape index (κ1) is 8.77. The van der Waals surface area contributed by atoms with Crippen LogP contribution in [0.2, 0.25) is 0 Å². The van der Waals surface area contributed by atoms with E-state index in [4.69, 9.17) is 0 Å². The van der Waals surface area contributed by atoms with Crippen LogP contribution in [-0.4, -0.2) is 29.4 Å². The van der Waals surface area contributed by atoms with Crippen LogP contribution in [0, 0.1) is 0 Å². The van der Waals surface area contributed by atoms with Crippen molar-refractivity contribution in [2.45, 2.75) is 19.9 Å². The van der Waals surface area contributed by atoms with Crippen molar-refractivity contribution in [3.63, 3.8) is 0 Å². The van der Waals surface area contributed by atoms with Crippen LogP contribution in [0.25, 0.3) is 0 Å². The van der Waals surface area contributed by atoms with Gasteiger partial charge in [0.15, 0.2) is 0 Å². The quantitative estimate of drug-likeness (QED) is 0.458. The maximum Gasteiger partial charge on any atom is 0.324 e. The maximum absolute atomic E-state index is 11.1. The van der Waals surface area contributed by atoms with Gasteiger partial charge in [-0.05, 0) is 13.8 Å². The summed E-state index contributed by atoms with van der Waals surface area (Å²) in [5, 5.41) is 2.22. The Labute approximate surface area is 71.2 Å². The van der Waals surface area contributed by atoms with Gasteiger partial charge in [-0.25, -0.2) is 4.79 Å². The number of amides is 3. The predicted molar refractivity (Wildman–Crippen MR) is 44.5 cm³/mol. The molecule has 4 heteroatoms. The third-order valence-corrected chi connectivity index (χ3v) is 1.73. The first-order valence-electron chi connectivity index (χ1n) is 3.80. The normalized spacial score (nSPS) is 20.2. The first-order valence-corrected chi connectivity index (χ1v) is 3.80. The number of nitrogens with one attached hydrogen (secondary N) is 1. The van der Waals surface area contributed by atoms with Crippen LogP contribution >= 0.6 is 0 Å². The highest BCUT2D eigenvalue weighted by molar-refractivity contribution is 6.03. The average Bonchev–Trinajstić information content (AvgIpc) is 2.66. The fourth-order valence-electron chi connectivity index (χ4n) is 0.796. The lowest BCUT2D eigenvalue weighted by Gasteiger charge is -2.03. The number of carbonyl (C=O) groups excluding carboxylic acids is 2. The number of hydrogen-bond acceptors (Lipinski definition) is 2. The topological polar surface area (TPSA) is 49.2 Å². The summed E-state index contributed by atoms with van der Waals surface area (Å²) >= 11 is 0. The molecule has 0 saturated carbocycles. The standard InChI is InChI=1S/C8H12N2O2/c1-5(2)7(11)9-8(12)10-4-6(10)3/h6H,1,4H2,2-3H3,(H,9,11,12). The number of carbonyl (C=O) groups is 2. The van der Waals surface area contributed by atoms with Crippen LogP contribution in [0.3, 0.4) is 0 Å². The maximum atomic E-state index is 11.1. The number of nitrogens with zero attached hydrogens (tertiary/aromatic N) is 1. The van der Waals surface area contributed by atoms with Crippen LogP contribution in [0.1, 0.15) is 13.8 Å². The van der Waals surface area contributed by atoms with Crippen molar-refractivity contribution in [2.24, 2.45) is 0 Å². The molecule has 0 aromatic carbocycles. The second kappa shape index (κ2) is 2.97. The number of hydrogen-bond donors (Lipinski definition) is 1. The summed E-state index contributed by atoms with van der Waals surface area (Å²) < 4.78 is 0. The van der Waals surface area contributed by atoms with E-state index in [1.54, 1.807) is 11.8 Å². The molecule has 0 radical (unpaired) electrons. The zero-order valence-corrected chi connectivity index (χ0v) is 7.26. The summed E-state index contributed by atoms with van der Waals surface area (Å²) in [5.74, 6) is -0.404. The molecule has 1 unspecified atom stereocenters. The predicted octanol–water partition coefficient (Wildman–Crippen LogP) is 0.503. The van der Waals surface area contributed by atoms with E-state index in [2.05, 4.69) is 11.9 Å². The van der Waals surface area contributed by atoms with E-state index >= 15 is 0 Å².